The summed E-state index contributed by atoms with van der Waals surface area (Å²) in [5.74, 6) is -25.5. The van der Waals surface area contributed by atoms with Gasteiger partial charge in [-0.25, -0.2) is 48.3 Å². The van der Waals surface area contributed by atoms with Gasteiger partial charge in [0.1, 0.15) is 0 Å². The van der Waals surface area contributed by atoms with E-state index in [1.807, 2.05) is 0 Å². The van der Waals surface area contributed by atoms with Crippen LogP contribution in [0.5, 0.6) is 5.75 Å². The van der Waals surface area contributed by atoms with Crippen molar-refractivity contribution in [1.29, 1.82) is 0 Å². The first-order valence-electron chi connectivity index (χ1n) is 9.13. The standard InChI is InChI=1S/C21H10BF11O/c1-5-12(25)17(30)9(18(31)13(5)26)22(10-19(32)14(27)6(2)15(28)20(10)33)11-16(29)7(23)4-8(24)21(11)34-3/h4H,1-3H3. The molecule has 0 radical (unpaired) electrons. The molecule has 0 unspecified atom stereocenters. The number of methoxy groups -OCH3 is 1. The Morgan fingerprint density at radius 1 is 0.500 bits per heavy atom. The lowest BCUT2D eigenvalue weighted by Crippen LogP contribution is -2.59. The van der Waals surface area contributed by atoms with Gasteiger partial charge in [0.2, 0.25) is 0 Å². The fraction of sp³-hybridized carbons (Fsp3) is 0.143. The molecule has 0 saturated carbocycles. The van der Waals surface area contributed by atoms with E-state index in [-0.39, 0.29) is 6.07 Å². The number of hydrogen-bond acceptors (Lipinski definition) is 1. The largest absolute Gasteiger partial charge is 0.494 e. The van der Waals surface area contributed by atoms with E-state index in [2.05, 4.69) is 4.74 Å². The smallest absolute Gasteiger partial charge is 0.266 e. The number of halogens is 11. The first-order chi connectivity index (χ1) is 15.8. The molecule has 180 valence electrons. The lowest BCUT2D eigenvalue weighted by atomic mass is 9.35. The predicted molar refractivity (Wildman–Crippen MR) is 99.5 cm³/mol. The summed E-state index contributed by atoms with van der Waals surface area (Å²) in [4.78, 5) is 0. The molecule has 0 saturated heterocycles. The van der Waals surface area contributed by atoms with Gasteiger partial charge in [-0.05, 0) is 13.8 Å². The van der Waals surface area contributed by atoms with Gasteiger partial charge in [-0.2, -0.15) is 0 Å². The van der Waals surface area contributed by atoms with Crippen LogP contribution in [0.2, 0.25) is 0 Å². The van der Waals surface area contributed by atoms with Crippen molar-refractivity contribution < 1.29 is 53.0 Å². The third-order valence-corrected chi connectivity index (χ3v) is 5.26. The van der Waals surface area contributed by atoms with Crippen molar-refractivity contribution in [2.45, 2.75) is 13.8 Å². The van der Waals surface area contributed by atoms with Crippen LogP contribution >= 0.6 is 0 Å². The molecule has 13 heteroatoms. The van der Waals surface area contributed by atoms with Gasteiger partial charge in [-0.3, -0.25) is 0 Å². The number of rotatable bonds is 4. The van der Waals surface area contributed by atoms with E-state index >= 15 is 0 Å². The van der Waals surface area contributed by atoms with Crippen LogP contribution in [0.1, 0.15) is 11.1 Å². The summed E-state index contributed by atoms with van der Waals surface area (Å²) < 4.78 is 164. The molecule has 1 nitrogen and oxygen atoms in total. The van der Waals surface area contributed by atoms with Crippen LogP contribution in [0.4, 0.5) is 48.3 Å². The Morgan fingerprint density at radius 2 is 0.853 bits per heavy atom. The van der Waals surface area contributed by atoms with Crippen LogP contribution in [0, 0.1) is 77.8 Å². The molecule has 0 aliphatic rings. The van der Waals surface area contributed by atoms with Crippen LogP contribution in [0.15, 0.2) is 6.07 Å². The first kappa shape index (κ1) is 25.4. The van der Waals surface area contributed by atoms with Crippen LogP contribution in [-0.4, -0.2) is 13.8 Å². The highest BCUT2D eigenvalue weighted by atomic mass is 19.2. The molecule has 0 bridgehead atoms. The lowest BCUT2D eigenvalue weighted by Gasteiger charge is -2.23. The van der Waals surface area contributed by atoms with Gasteiger partial charge < -0.3 is 4.74 Å². The Kier molecular flexibility index (Phi) is 6.60. The van der Waals surface area contributed by atoms with Gasteiger partial charge in [-0.1, -0.05) is 0 Å². The maximum Gasteiger partial charge on any atom is 0.266 e. The van der Waals surface area contributed by atoms with Gasteiger partial charge in [0.25, 0.3) is 6.71 Å². The molecular formula is C21H10BF11O. The van der Waals surface area contributed by atoms with E-state index in [1.54, 1.807) is 0 Å². The maximum absolute atomic E-state index is 14.9. The molecule has 0 fully saturated rings. The van der Waals surface area contributed by atoms with Crippen LogP contribution < -0.4 is 21.1 Å². The van der Waals surface area contributed by atoms with Crippen LogP contribution in [-0.2, 0) is 0 Å². The highest BCUT2D eigenvalue weighted by molar-refractivity contribution is 6.96. The van der Waals surface area contributed by atoms with Crippen LogP contribution in [0.3, 0.4) is 0 Å². The molecule has 3 rings (SSSR count). The van der Waals surface area contributed by atoms with Crippen molar-refractivity contribution in [1.82, 2.24) is 0 Å². The average molecular weight is 498 g/mol. The summed E-state index contributed by atoms with van der Waals surface area (Å²) in [5.41, 5.74) is -8.28. The molecular weight excluding hydrogens is 488 g/mol. The fourth-order valence-corrected chi connectivity index (χ4v) is 3.52. The molecule has 0 spiro atoms. The predicted octanol–water partition coefficient (Wildman–Crippen LogP) is 4.36. The van der Waals surface area contributed by atoms with Crippen molar-refractivity contribution in [2.24, 2.45) is 0 Å². The monoisotopic (exact) mass is 498 g/mol. The molecule has 3 aromatic rings. The van der Waals surface area contributed by atoms with E-state index in [9.17, 15) is 48.3 Å². The van der Waals surface area contributed by atoms with Gasteiger partial charge in [-0.15, -0.1) is 0 Å². The Balaban J connectivity index is 2.68. The molecule has 0 aliphatic carbocycles. The van der Waals surface area contributed by atoms with Gasteiger partial charge in [0.05, 0.1) is 7.11 Å². The second kappa shape index (κ2) is 8.84. The number of hydrogen-bond donors (Lipinski definition) is 0. The third-order valence-electron chi connectivity index (χ3n) is 5.26. The quantitative estimate of drug-likeness (QED) is 0.296. The zero-order valence-electron chi connectivity index (χ0n) is 17.2. The highest BCUT2D eigenvalue weighted by Crippen LogP contribution is 2.25. The minimum absolute atomic E-state index is 0.110. The van der Waals surface area contributed by atoms with E-state index in [0.29, 0.717) is 21.0 Å². The molecule has 0 heterocycles. The molecule has 3 aromatic carbocycles. The minimum atomic E-state index is -3.20. The summed E-state index contributed by atoms with van der Waals surface area (Å²) in [7, 11) is 0.627. The van der Waals surface area contributed by atoms with Gasteiger partial charge in [0, 0.05) is 33.6 Å². The zero-order chi connectivity index (χ0) is 25.8. The Hall–Kier alpha value is -3.25. The minimum Gasteiger partial charge on any atom is -0.494 e. The van der Waals surface area contributed by atoms with Crippen LogP contribution in [0.25, 0.3) is 0 Å². The van der Waals surface area contributed by atoms with E-state index in [0.717, 1.165) is 0 Å². The second-order valence-electron chi connectivity index (χ2n) is 7.12. The SMILES string of the molecule is COc1c(F)cc(F)c(F)c1B(c1c(F)c(F)c(C)c(F)c1F)c1c(F)c(F)c(C)c(F)c1F. The van der Waals surface area contributed by atoms with E-state index in [4.69, 9.17) is 0 Å². The number of benzene rings is 3. The zero-order valence-corrected chi connectivity index (χ0v) is 17.2. The summed E-state index contributed by atoms with van der Waals surface area (Å²) >= 11 is 0. The summed E-state index contributed by atoms with van der Waals surface area (Å²) in [5, 5.41) is 0. The fourth-order valence-electron chi connectivity index (χ4n) is 3.52. The number of ether oxygens (including phenoxy) is 1. The second-order valence-corrected chi connectivity index (χ2v) is 7.12. The topological polar surface area (TPSA) is 9.23 Å². The third kappa shape index (κ3) is 3.57. The van der Waals surface area contributed by atoms with Gasteiger partial charge >= 0.3 is 0 Å². The first-order valence-corrected chi connectivity index (χ1v) is 9.13. The van der Waals surface area contributed by atoms with E-state index < -0.39 is 104 Å². The van der Waals surface area contributed by atoms with Crippen molar-refractivity contribution in [3.63, 3.8) is 0 Å². The highest BCUT2D eigenvalue weighted by Gasteiger charge is 2.43. The Labute approximate surface area is 184 Å². The molecule has 0 aliphatic heterocycles. The summed E-state index contributed by atoms with van der Waals surface area (Å²) in [6.07, 6.45) is 0. The van der Waals surface area contributed by atoms with Gasteiger partial charge in [0.15, 0.2) is 69.7 Å². The Bertz CT molecular complexity index is 1210. The van der Waals surface area contributed by atoms with Crippen molar-refractivity contribution >= 4 is 23.1 Å². The molecule has 0 atom stereocenters. The van der Waals surface area contributed by atoms with Crippen molar-refractivity contribution in [3.8, 4) is 5.75 Å². The average Bonchev–Trinajstić information content (AvgIpc) is 2.80. The summed E-state index contributed by atoms with van der Waals surface area (Å²) in [6, 6.07) is -0.110. The molecule has 0 N–H and O–H groups in total. The van der Waals surface area contributed by atoms with Crippen molar-refractivity contribution in [2.75, 3.05) is 7.11 Å². The van der Waals surface area contributed by atoms with E-state index in [1.165, 1.54) is 0 Å². The maximum atomic E-state index is 14.9. The molecule has 0 aromatic heterocycles. The normalized spacial score (nSPS) is 11.2. The Morgan fingerprint density at radius 3 is 1.18 bits per heavy atom. The van der Waals surface area contributed by atoms with Crippen molar-refractivity contribution in [3.05, 3.63) is 81.2 Å². The summed E-state index contributed by atoms with van der Waals surface area (Å²) in [6.45, 7) is -2.05. The molecule has 34 heavy (non-hydrogen) atoms. The molecule has 0 amide bonds. The lowest BCUT2D eigenvalue weighted by molar-refractivity contribution is 0.381.